The van der Waals surface area contributed by atoms with Gasteiger partial charge in [-0.1, -0.05) is 60.3 Å². The van der Waals surface area contributed by atoms with Gasteiger partial charge in [0, 0.05) is 37.6 Å². The van der Waals surface area contributed by atoms with Crippen LogP contribution in [-0.4, -0.2) is 34.0 Å². The molecule has 5 aromatic rings. The zero-order valence-electron chi connectivity index (χ0n) is 19.0. The molecule has 0 aliphatic carbocycles. The van der Waals surface area contributed by atoms with Crippen molar-refractivity contribution in [1.29, 1.82) is 0 Å². The van der Waals surface area contributed by atoms with Gasteiger partial charge in [0.25, 0.3) is 5.56 Å². The minimum atomic E-state index is -0.349. The first-order valence-electron chi connectivity index (χ1n) is 11.0. The lowest BCUT2D eigenvalue weighted by Gasteiger charge is -2.12. The van der Waals surface area contributed by atoms with Crippen LogP contribution >= 0.6 is 11.8 Å². The molecule has 2 aromatic carbocycles. The van der Waals surface area contributed by atoms with E-state index in [0.29, 0.717) is 29.9 Å². The van der Waals surface area contributed by atoms with Crippen molar-refractivity contribution in [2.24, 2.45) is 14.1 Å². The zero-order chi connectivity index (χ0) is 23.7. The van der Waals surface area contributed by atoms with Crippen molar-refractivity contribution >= 4 is 22.9 Å². The second-order valence-corrected chi connectivity index (χ2v) is 9.05. The van der Waals surface area contributed by atoms with Crippen LogP contribution in [-0.2, 0) is 20.6 Å². The number of thioether (sulfide) groups is 1. The van der Waals surface area contributed by atoms with Gasteiger partial charge in [-0.25, -0.2) is 14.8 Å². The highest BCUT2D eigenvalue weighted by atomic mass is 32.2. The number of rotatable bonds is 7. The molecule has 0 atom stereocenters. The molecule has 0 unspecified atom stereocenters. The molecule has 0 bridgehead atoms. The van der Waals surface area contributed by atoms with Crippen molar-refractivity contribution in [3.63, 3.8) is 0 Å². The number of aromatic nitrogens is 6. The maximum atomic E-state index is 12.9. The largest absolute Gasteiger partial charge is 0.332 e. The van der Waals surface area contributed by atoms with Crippen LogP contribution in [0, 0.1) is 0 Å². The van der Waals surface area contributed by atoms with E-state index >= 15 is 0 Å². The van der Waals surface area contributed by atoms with E-state index in [0.717, 1.165) is 22.1 Å². The monoisotopic (exact) mass is 472 g/mol. The molecule has 3 heterocycles. The van der Waals surface area contributed by atoms with Crippen LogP contribution in [0.15, 0.2) is 87.9 Å². The second-order valence-electron chi connectivity index (χ2n) is 7.99. The van der Waals surface area contributed by atoms with Gasteiger partial charge in [-0.05, 0) is 18.6 Å². The van der Waals surface area contributed by atoms with Gasteiger partial charge >= 0.3 is 5.69 Å². The van der Waals surface area contributed by atoms with Gasteiger partial charge in [-0.3, -0.25) is 18.5 Å². The fourth-order valence-electron chi connectivity index (χ4n) is 4.06. The Morgan fingerprint density at radius 2 is 1.62 bits per heavy atom. The number of aryl methyl sites for hydroxylation is 2. The Morgan fingerprint density at radius 3 is 2.35 bits per heavy atom. The molecular weight excluding hydrogens is 448 g/mol. The van der Waals surface area contributed by atoms with Crippen molar-refractivity contribution in [2.45, 2.75) is 18.1 Å². The number of hydrogen-bond donors (Lipinski definition) is 0. The third-order valence-corrected chi connectivity index (χ3v) is 6.81. The zero-order valence-corrected chi connectivity index (χ0v) is 19.8. The number of hydrogen-bond acceptors (Lipinski definition) is 5. The number of nitrogens with zero attached hydrogens (tertiary/aromatic N) is 6. The van der Waals surface area contributed by atoms with Crippen molar-refractivity contribution in [3.8, 4) is 16.9 Å². The van der Waals surface area contributed by atoms with Crippen LogP contribution in [0.4, 0.5) is 0 Å². The topological polar surface area (TPSA) is 79.6 Å². The second kappa shape index (κ2) is 9.18. The molecule has 9 heteroatoms. The van der Waals surface area contributed by atoms with Gasteiger partial charge in [0.2, 0.25) is 0 Å². The summed E-state index contributed by atoms with van der Waals surface area (Å²) in [5.74, 6) is 0.705. The quantitative estimate of drug-likeness (QED) is 0.268. The van der Waals surface area contributed by atoms with E-state index in [1.54, 1.807) is 36.8 Å². The Bertz CT molecular complexity index is 1560. The molecular formula is C25H24N6O2S. The molecule has 5 rings (SSSR count). The summed E-state index contributed by atoms with van der Waals surface area (Å²) in [5.41, 5.74) is 3.32. The summed E-state index contributed by atoms with van der Waals surface area (Å²) in [4.78, 5) is 34.5. The summed E-state index contributed by atoms with van der Waals surface area (Å²) in [6, 6.07) is 20.3. The number of para-hydroxylation sites is 1. The minimum absolute atomic E-state index is 0.305. The standard InChI is InChI=1S/C25H24N6O2S/c1-28-17-27-22-21(28)23(32)30(25(33)29(22)2)14-9-15-34-24-26-16-20(18-10-5-3-6-11-18)31(24)19-12-7-4-8-13-19/h3-8,10-13,16-17H,9,14-15H2,1-2H3. The van der Waals surface area contributed by atoms with Crippen LogP contribution in [0.2, 0.25) is 0 Å². The minimum Gasteiger partial charge on any atom is -0.328 e. The van der Waals surface area contributed by atoms with E-state index in [-0.39, 0.29) is 11.2 Å². The van der Waals surface area contributed by atoms with Crippen molar-refractivity contribution < 1.29 is 0 Å². The summed E-state index contributed by atoms with van der Waals surface area (Å²) in [6.07, 6.45) is 4.09. The summed E-state index contributed by atoms with van der Waals surface area (Å²) in [5, 5.41) is 0.868. The molecule has 172 valence electrons. The highest BCUT2D eigenvalue weighted by molar-refractivity contribution is 7.99. The van der Waals surface area contributed by atoms with Gasteiger partial charge < -0.3 is 4.57 Å². The van der Waals surface area contributed by atoms with Crippen LogP contribution in [0.3, 0.4) is 0 Å². The Labute approximate surface area is 200 Å². The van der Waals surface area contributed by atoms with E-state index in [1.165, 1.54) is 9.13 Å². The molecule has 0 aliphatic rings. The third kappa shape index (κ3) is 3.88. The number of imidazole rings is 2. The molecule has 0 saturated carbocycles. The lowest BCUT2D eigenvalue weighted by Crippen LogP contribution is -2.39. The highest BCUT2D eigenvalue weighted by Crippen LogP contribution is 2.30. The molecule has 0 fully saturated rings. The predicted octanol–water partition coefficient (Wildman–Crippen LogP) is 3.47. The molecule has 0 amide bonds. The van der Waals surface area contributed by atoms with Gasteiger partial charge in [-0.2, -0.15) is 0 Å². The maximum Gasteiger partial charge on any atom is 0.332 e. The summed E-state index contributed by atoms with van der Waals surface area (Å²) < 4.78 is 6.53. The highest BCUT2D eigenvalue weighted by Gasteiger charge is 2.16. The summed E-state index contributed by atoms with van der Waals surface area (Å²) in [7, 11) is 3.40. The molecule has 34 heavy (non-hydrogen) atoms. The van der Waals surface area contributed by atoms with Gasteiger partial charge in [-0.15, -0.1) is 0 Å². The molecule has 0 N–H and O–H groups in total. The Morgan fingerprint density at radius 1 is 0.912 bits per heavy atom. The Balaban J connectivity index is 1.39. The van der Waals surface area contributed by atoms with E-state index in [2.05, 4.69) is 38.8 Å². The molecule has 0 saturated heterocycles. The average molecular weight is 473 g/mol. The van der Waals surface area contributed by atoms with Crippen molar-refractivity contribution in [2.75, 3.05) is 5.75 Å². The van der Waals surface area contributed by atoms with E-state index in [9.17, 15) is 9.59 Å². The Kier molecular flexibility index (Phi) is 5.93. The van der Waals surface area contributed by atoms with Crippen LogP contribution < -0.4 is 11.2 Å². The molecule has 0 radical (unpaired) electrons. The first-order valence-corrected chi connectivity index (χ1v) is 12.0. The summed E-state index contributed by atoms with van der Waals surface area (Å²) >= 11 is 1.61. The van der Waals surface area contributed by atoms with Crippen LogP contribution in [0.5, 0.6) is 0 Å². The predicted molar refractivity (Wildman–Crippen MR) is 135 cm³/mol. The summed E-state index contributed by atoms with van der Waals surface area (Å²) in [6.45, 7) is 0.331. The van der Waals surface area contributed by atoms with Crippen molar-refractivity contribution in [3.05, 3.63) is 94.0 Å². The van der Waals surface area contributed by atoms with E-state index in [4.69, 9.17) is 0 Å². The van der Waals surface area contributed by atoms with E-state index in [1.807, 2.05) is 42.6 Å². The molecule has 8 nitrogen and oxygen atoms in total. The molecule has 0 spiro atoms. The SMILES string of the molecule is Cn1cnc2c1c(=O)n(CCCSc1ncc(-c3ccccc3)n1-c1ccccc1)c(=O)n2C. The van der Waals surface area contributed by atoms with Gasteiger partial charge in [0.1, 0.15) is 0 Å². The van der Waals surface area contributed by atoms with E-state index < -0.39 is 0 Å². The van der Waals surface area contributed by atoms with Gasteiger partial charge in [0.15, 0.2) is 16.3 Å². The smallest absolute Gasteiger partial charge is 0.328 e. The maximum absolute atomic E-state index is 12.9. The normalized spacial score (nSPS) is 11.4. The number of fused-ring (bicyclic) bond motifs is 1. The number of benzene rings is 2. The molecule has 3 aromatic heterocycles. The first-order chi connectivity index (χ1) is 16.6. The van der Waals surface area contributed by atoms with Gasteiger partial charge in [0.05, 0.1) is 18.2 Å². The fourth-order valence-corrected chi connectivity index (χ4v) is 4.97. The molecule has 0 aliphatic heterocycles. The van der Waals surface area contributed by atoms with Crippen LogP contribution in [0.1, 0.15) is 6.42 Å². The average Bonchev–Trinajstić information content (AvgIpc) is 3.47. The van der Waals surface area contributed by atoms with Crippen molar-refractivity contribution in [1.82, 2.24) is 28.2 Å². The third-order valence-electron chi connectivity index (χ3n) is 5.77. The lowest BCUT2D eigenvalue weighted by atomic mass is 10.1. The lowest BCUT2D eigenvalue weighted by molar-refractivity contribution is 0.594. The fraction of sp³-hybridized carbons (Fsp3) is 0.200. The Hall–Kier alpha value is -3.85. The van der Waals surface area contributed by atoms with Crippen LogP contribution in [0.25, 0.3) is 28.1 Å². The first kappa shape index (κ1) is 22.0.